The number of allylic oxidation sites excluding steroid dienone is 2. The summed E-state index contributed by atoms with van der Waals surface area (Å²) in [6.45, 7) is 13.4. The fourth-order valence-electron chi connectivity index (χ4n) is 11.7. The van der Waals surface area contributed by atoms with Crippen LogP contribution in [-0.4, -0.2) is 38.4 Å². The molecule has 4 saturated carbocycles. The Morgan fingerprint density at radius 2 is 1.29 bits per heavy atom. The van der Waals surface area contributed by atoms with E-state index in [9.17, 15) is 20.1 Å². The molecule has 4 fully saturated rings. The highest BCUT2D eigenvalue weighted by molar-refractivity contribution is 5.83. The first kappa shape index (κ1) is 32.4. The zero-order valence-electron chi connectivity index (χ0n) is 27.7. The normalized spacial score (nSPS) is 49.4. The van der Waals surface area contributed by atoms with Crippen molar-refractivity contribution in [3.8, 4) is 0 Å². The van der Waals surface area contributed by atoms with Gasteiger partial charge in [0.1, 0.15) is 5.78 Å². The van der Waals surface area contributed by atoms with Gasteiger partial charge >= 0.3 is 0 Å². The molecule has 0 amide bonds. The highest BCUT2D eigenvalue weighted by Gasteiger charge is 2.53. The predicted molar refractivity (Wildman–Crippen MR) is 171 cm³/mol. The molecule has 6 rings (SSSR count). The second-order valence-corrected chi connectivity index (χ2v) is 17.1. The second kappa shape index (κ2) is 12.1. The highest BCUT2D eigenvalue weighted by atomic mass is 16.3. The van der Waals surface area contributed by atoms with Gasteiger partial charge in [-0.15, -0.1) is 0 Å². The van der Waals surface area contributed by atoms with Gasteiger partial charge in [-0.1, -0.05) is 58.4 Å². The Kier molecular flexibility index (Phi) is 9.33. The Bertz CT molecular complexity index is 1030. The molecule has 4 heteroatoms. The zero-order chi connectivity index (χ0) is 30.5. The molecular weight excluding hydrogens is 520 g/mol. The van der Waals surface area contributed by atoms with Crippen molar-refractivity contribution in [2.24, 2.45) is 58.2 Å². The number of carbonyl (C=O) groups is 1. The van der Waals surface area contributed by atoms with Crippen LogP contribution in [0.25, 0.3) is 0 Å². The fraction of sp³-hybridized carbons (Fsp3) is 0.868. The molecule has 42 heavy (non-hydrogen) atoms. The van der Waals surface area contributed by atoms with Gasteiger partial charge in [0, 0.05) is 12.3 Å². The molecule has 0 aromatic carbocycles. The van der Waals surface area contributed by atoms with E-state index in [2.05, 4.69) is 39.8 Å². The zero-order valence-corrected chi connectivity index (χ0v) is 27.7. The molecule has 238 valence electrons. The third-order valence-corrected chi connectivity index (χ3v) is 13.6. The maximum absolute atomic E-state index is 12.2. The summed E-state index contributed by atoms with van der Waals surface area (Å²) in [7, 11) is 0. The summed E-state index contributed by atoms with van der Waals surface area (Å²) in [5, 5.41) is 30.5. The van der Waals surface area contributed by atoms with Crippen molar-refractivity contribution in [1.29, 1.82) is 0 Å². The lowest BCUT2D eigenvalue weighted by molar-refractivity contribution is -0.130. The van der Waals surface area contributed by atoms with Crippen LogP contribution in [0.2, 0.25) is 0 Å². The number of hydrogen-bond acceptors (Lipinski definition) is 4. The fourth-order valence-corrected chi connectivity index (χ4v) is 11.7. The lowest BCUT2D eigenvalue weighted by atomic mass is 9.61. The maximum Gasteiger partial charge on any atom is 0.136 e. The SMILES string of the molecule is C[C@H](CC1C=C[C@@](C)(O)C1)C1CC[C@H]2C(=O)CCC[C@]12C.C[C@H](CC1C=C[C@@](C)(O)C1)C1CC[C@H]2C(O)CCC[C@]12C. The van der Waals surface area contributed by atoms with Gasteiger partial charge in [0.25, 0.3) is 0 Å². The molecule has 0 saturated heterocycles. The third-order valence-electron chi connectivity index (χ3n) is 13.6. The van der Waals surface area contributed by atoms with E-state index in [-0.39, 0.29) is 11.5 Å². The van der Waals surface area contributed by atoms with E-state index >= 15 is 0 Å². The molecule has 0 aliphatic heterocycles. The molecule has 0 bridgehead atoms. The van der Waals surface area contributed by atoms with E-state index in [1.54, 1.807) is 0 Å². The molecular formula is C38H62O4. The quantitative estimate of drug-likeness (QED) is 0.277. The van der Waals surface area contributed by atoms with Crippen molar-refractivity contribution in [2.75, 3.05) is 0 Å². The summed E-state index contributed by atoms with van der Waals surface area (Å²) in [5.41, 5.74) is -0.595. The van der Waals surface area contributed by atoms with Crippen LogP contribution in [0.3, 0.4) is 0 Å². The minimum Gasteiger partial charge on any atom is -0.393 e. The molecule has 6 aliphatic carbocycles. The van der Waals surface area contributed by atoms with Gasteiger partial charge in [-0.3, -0.25) is 4.79 Å². The van der Waals surface area contributed by atoms with Gasteiger partial charge in [0.2, 0.25) is 0 Å². The number of rotatable bonds is 6. The van der Waals surface area contributed by atoms with Gasteiger partial charge in [-0.2, -0.15) is 0 Å². The topological polar surface area (TPSA) is 77.8 Å². The lowest BCUT2D eigenvalue weighted by Gasteiger charge is -2.45. The Hall–Kier alpha value is -0.970. The molecule has 0 heterocycles. The van der Waals surface area contributed by atoms with Crippen molar-refractivity contribution >= 4 is 5.78 Å². The van der Waals surface area contributed by atoms with Crippen molar-refractivity contribution in [3.05, 3.63) is 24.3 Å². The molecule has 0 aromatic rings. The molecule has 0 spiro atoms. The Balaban J connectivity index is 0.000000168. The number of aliphatic hydroxyl groups excluding tert-OH is 1. The van der Waals surface area contributed by atoms with Crippen LogP contribution < -0.4 is 0 Å². The van der Waals surface area contributed by atoms with E-state index in [1.165, 1.54) is 44.9 Å². The molecule has 4 nitrogen and oxygen atoms in total. The van der Waals surface area contributed by atoms with Crippen LogP contribution in [0, 0.1) is 58.2 Å². The number of hydrogen-bond donors (Lipinski definition) is 3. The van der Waals surface area contributed by atoms with E-state index in [0.717, 1.165) is 50.9 Å². The Morgan fingerprint density at radius 1 is 0.762 bits per heavy atom. The largest absolute Gasteiger partial charge is 0.393 e. The van der Waals surface area contributed by atoms with Crippen LogP contribution in [0.1, 0.15) is 131 Å². The summed E-state index contributed by atoms with van der Waals surface area (Å²) in [4.78, 5) is 12.2. The molecule has 0 aromatic heterocycles. The first-order chi connectivity index (χ1) is 19.6. The van der Waals surface area contributed by atoms with Gasteiger partial charge in [-0.05, 0) is 143 Å². The van der Waals surface area contributed by atoms with Gasteiger partial charge in [-0.25, -0.2) is 0 Å². The number of fused-ring (bicyclic) bond motifs is 2. The van der Waals surface area contributed by atoms with Gasteiger partial charge in [0.05, 0.1) is 17.3 Å². The highest BCUT2D eigenvalue weighted by Crippen LogP contribution is 2.59. The van der Waals surface area contributed by atoms with Gasteiger partial charge in [0.15, 0.2) is 0 Å². The summed E-state index contributed by atoms with van der Waals surface area (Å²) in [6, 6.07) is 0. The Labute approximate surface area is 256 Å². The van der Waals surface area contributed by atoms with Gasteiger partial charge < -0.3 is 15.3 Å². The van der Waals surface area contributed by atoms with Crippen LogP contribution in [-0.2, 0) is 4.79 Å². The summed E-state index contributed by atoms with van der Waals surface area (Å²) in [6.07, 6.45) is 23.9. The minimum absolute atomic E-state index is 0.0620. The molecule has 3 N–H and O–H groups in total. The summed E-state index contributed by atoms with van der Waals surface area (Å²) in [5.74, 6) is 5.21. The lowest BCUT2D eigenvalue weighted by Crippen LogP contribution is -2.41. The van der Waals surface area contributed by atoms with E-state index < -0.39 is 11.2 Å². The van der Waals surface area contributed by atoms with Crippen LogP contribution in [0.4, 0.5) is 0 Å². The Morgan fingerprint density at radius 3 is 1.83 bits per heavy atom. The monoisotopic (exact) mass is 582 g/mol. The van der Waals surface area contributed by atoms with Crippen LogP contribution >= 0.6 is 0 Å². The average molecular weight is 583 g/mol. The predicted octanol–water partition coefficient (Wildman–Crippen LogP) is 8.04. The molecule has 13 atom stereocenters. The third kappa shape index (κ3) is 6.52. The van der Waals surface area contributed by atoms with Crippen molar-refractivity contribution < 1.29 is 20.1 Å². The summed E-state index contributed by atoms with van der Waals surface area (Å²) >= 11 is 0. The number of Topliss-reactive ketones (excluding diaryl/α,β-unsaturated/α-hetero) is 1. The maximum atomic E-state index is 12.2. The first-order valence-corrected chi connectivity index (χ1v) is 17.7. The molecule has 6 aliphatic rings. The second-order valence-electron chi connectivity index (χ2n) is 17.1. The first-order valence-electron chi connectivity index (χ1n) is 17.7. The van der Waals surface area contributed by atoms with Crippen molar-refractivity contribution in [1.82, 2.24) is 0 Å². The summed E-state index contributed by atoms with van der Waals surface area (Å²) < 4.78 is 0. The average Bonchev–Trinajstić information content (AvgIpc) is 3.62. The van der Waals surface area contributed by atoms with Crippen molar-refractivity contribution in [3.63, 3.8) is 0 Å². The molecule has 0 radical (unpaired) electrons. The van der Waals surface area contributed by atoms with Crippen LogP contribution in [0.15, 0.2) is 24.3 Å². The molecule has 5 unspecified atom stereocenters. The van der Waals surface area contributed by atoms with E-state index in [0.29, 0.717) is 52.6 Å². The van der Waals surface area contributed by atoms with E-state index in [1.807, 2.05) is 26.0 Å². The van der Waals surface area contributed by atoms with Crippen molar-refractivity contribution in [2.45, 2.75) is 149 Å². The standard InChI is InChI=1S/C19H32O2.C19H30O2/c2*1-13(11-14-8-10-18(2,21)12-14)15-6-7-16-17(20)5-4-9-19(15,16)3/h8,10,13-17,20-21H,4-7,9,11-12H2,1-3H3;8,10,13-16,21H,4-7,9,11-12H2,1-3H3/t13-,14?,15?,16+,17?,18-,19-;13-,14?,15?,16+,18-,19-/m11/s1. The number of carbonyl (C=O) groups excluding carboxylic acids is 1. The minimum atomic E-state index is -0.604. The number of aliphatic hydroxyl groups is 3. The smallest absolute Gasteiger partial charge is 0.136 e. The number of ketones is 1. The van der Waals surface area contributed by atoms with E-state index in [4.69, 9.17) is 0 Å². The van der Waals surface area contributed by atoms with Crippen LogP contribution in [0.5, 0.6) is 0 Å².